The maximum Gasteiger partial charge on any atom is 0.309 e. The molecule has 2 N–H and O–H groups in total. The van der Waals surface area contributed by atoms with Crippen LogP contribution in [0.2, 0.25) is 0 Å². The normalized spacial score (nSPS) is 14.9. The highest BCUT2D eigenvalue weighted by Gasteiger charge is 2.11. The molecule has 0 spiro atoms. The second kappa shape index (κ2) is 7.76. The lowest BCUT2D eigenvalue weighted by molar-refractivity contribution is -0.144. The summed E-state index contributed by atoms with van der Waals surface area (Å²) in [7, 11) is 1.39. The van der Waals surface area contributed by atoms with E-state index in [-0.39, 0.29) is 18.0 Å². The van der Waals surface area contributed by atoms with E-state index < -0.39 is 0 Å². The maximum atomic E-state index is 11.0. The lowest BCUT2D eigenvalue weighted by Gasteiger charge is -2.11. The van der Waals surface area contributed by atoms with Crippen LogP contribution in [0.25, 0.3) is 0 Å². The van der Waals surface area contributed by atoms with Gasteiger partial charge >= 0.3 is 5.97 Å². The molecule has 2 unspecified atom stereocenters. The predicted octanol–water partition coefficient (Wildman–Crippen LogP) is 0.546. The monoisotopic (exact) mass is 203 g/mol. The number of carbonyl (C=O) groups excluding carboxylic acids is 1. The standard InChI is InChI=1S/C10H21NO3/c1-4-9(12)5-6-11-7-8(2)10(13)14-3/h8-9,11-12H,4-7H2,1-3H3. The van der Waals surface area contributed by atoms with Crippen molar-refractivity contribution >= 4 is 5.97 Å². The van der Waals surface area contributed by atoms with Crippen LogP contribution in [0, 0.1) is 5.92 Å². The average molecular weight is 203 g/mol. The minimum absolute atomic E-state index is 0.126. The molecule has 0 aliphatic carbocycles. The van der Waals surface area contributed by atoms with Crippen molar-refractivity contribution in [3.05, 3.63) is 0 Å². The molecule has 0 saturated carbocycles. The first-order valence-electron chi connectivity index (χ1n) is 5.08. The molecule has 14 heavy (non-hydrogen) atoms. The molecule has 0 amide bonds. The van der Waals surface area contributed by atoms with Crippen molar-refractivity contribution < 1.29 is 14.6 Å². The van der Waals surface area contributed by atoms with E-state index in [4.69, 9.17) is 0 Å². The fourth-order valence-electron chi connectivity index (χ4n) is 1.08. The highest BCUT2D eigenvalue weighted by molar-refractivity contribution is 5.71. The van der Waals surface area contributed by atoms with E-state index in [1.54, 1.807) is 0 Å². The summed E-state index contributed by atoms with van der Waals surface area (Å²) in [5.74, 6) is -0.327. The molecule has 4 nitrogen and oxygen atoms in total. The zero-order chi connectivity index (χ0) is 11.0. The smallest absolute Gasteiger partial charge is 0.309 e. The zero-order valence-corrected chi connectivity index (χ0v) is 9.25. The Bertz CT molecular complexity index is 161. The molecule has 0 aliphatic heterocycles. The molecule has 0 aliphatic rings. The van der Waals surface area contributed by atoms with Crippen LogP contribution in [0.15, 0.2) is 0 Å². The summed E-state index contributed by atoms with van der Waals surface area (Å²) in [5, 5.41) is 12.4. The number of esters is 1. The van der Waals surface area contributed by atoms with Gasteiger partial charge in [0, 0.05) is 6.54 Å². The van der Waals surface area contributed by atoms with Crippen LogP contribution in [-0.2, 0) is 9.53 Å². The molecule has 0 aromatic carbocycles. The Kier molecular flexibility index (Phi) is 7.42. The molecular weight excluding hydrogens is 182 g/mol. The predicted molar refractivity (Wildman–Crippen MR) is 55.0 cm³/mol. The third-order valence-corrected chi connectivity index (χ3v) is 2.18. The summed E-state index contributed by atoms with van der Waals surface area (Å²) in [5.41, 5.74) is 0. The molecule has 0 saturated heterocycles. The van der Waals surface area contributed by atoms with Gasteiger partial charge in [-0.15, -0.1) is 0 Å². The molecule has 84 valence electrons. The molecule has 4 heteroatoms. The Morgan fingerprint density at radius 2 is 2.21 bits per heavy atom. The van der Waals surface area contributed by atoms with Gasteiger partial charge < -0.3 is 15.2 Å². The quantitative estimate of drug-likeness (QED) is 0.468. The number of rotatable bonds is 7. The molecule has 0 aromatic heterocycles. The summed E-state index contributed by atoms with van der Waals surface area (Å²) < 4.78 is 4.58. The molecule has 0 radical (unpaired) electrons. The van der Waals surface area contributed by atoms with Crippen molar-refractivity contribution in [1.82, 2.24) is 5.32 Å². The fourth-order valence-corrected chi connectivity index (χ4v) is 1.08. The van der Waals surface area contributed by atoms with Crippen LogP contribution in [0.1, 0.15) is 26.7 Å². The SMILES string of the molecule is CCC(O)CCNCC(C)C(=O)OC. The van der Waals surface area contributed by atoms with Crippen LogP contribution >= 0.6 is 0 Å². The maximum absolute atomic E-state index is 11.0. The number of methoxy groups -OCH3 is 1. The second-order valence-corrected chi connectivity index (χ2v) is 3.48. The van der Waals surface area contributed by atoms with E-state index in [1.807, 2.05) is 13.8 Å². The second-order valence-electron chi connectivity index (χ2n) is 3.48. The number of aliphatic hydroxyl groups excluding tert-OH is 1. The van der Waals surface area contributed by atoms with Crippen LogP contribution in [0.3, 0.4) is 0 Å². The molecule has 0 aromatic rings. The van der Waals surface area contributed by atoms with Crippen LogP contribution in [0.5, 0.6) is 0 Å². The minimum atomic E-state index is -0.240. The molecule has 0 bridgehead atoms. The van der Waals surface area contributed by atoms with Crippen molar-refractivity contribution in [2.24, 2.45) is 5.92 Å². The summed E-state index contributed by atoms with van der Waals surface area (Å²) >= 11 is 0. The number of hydrogen-bond donors (Lipinski definition) is 2. The molecule has 0 heterocycles. The molecule has 0 fully saturated rings. The van der Waals surface area contributed by atoms with E-state index in [0.717, 1.165) is 19.4 Å². The first-order valence-corrected chi connectivity index (χ1v) is 5.08. The van der Waals surface area contributed by atoms with E-state index in [1.165, 1.54) is 7.11 Å². The number of hydrogen-bond acceptors (Lipinski definition) is 4. The Hall–Kier alpha value is -0.610. The van der Waals surface area contributed by atoms with Gasteiger partial charge in [-0.25, -0.2) is 0 Å². The van der Waals surface area contributed by atoms with Gasteiger partial charge in [-0.1, -0.05) is 13.8 Å². The number of ether oxygens (including phenoxy) is 1. The Balaban J connectivity index is 3.40. The Morgan fingerprint density at radius 3 is 2.71 bits per heavy atom. The Morgan fingerprint density at radius 1 is 1.57 bits per heavy atom. The van der Waals surface area contributed by atoms with E-state index in [9.17, 15) is 9.90 Å². The summed E-state index contributed by atoms with van der Waals surface area (Å²) in [4.78, 5) is 11.0. The molecule has 2 atom stereocenters. The van der Waals surface area contributed by atoms with Crippen molar-refractivity contribution in [3.63, 3.8) is 0 Å². The van der Waals surface area contributed by atoms with Gasteiger partial charge in [-0.05, 0) is 19.4 Å². The first kappa shape index (κ1) is 13.4. The summed E-state index contributed by atoms with van der Waals surface area (Å²) in [6.45, 7) is 5.09. The average Bonchev–Trinajstić information content (AvgIpc) is 2.22. The van der Waals surface area contributed by atoms with Gasteiger partial charge in [-0.2, -0.15) is 0 Å². The van der Waals surface area contributed by atoms with Crippen LogP contribution in [0.4, 0.5) is 0 Å². The van der Waals surface area contributed by atoms with E-state index >= 15 is 0 Å². The zero-order valence-electron chi connectivity index (χ0n) is 9.25. The largest absolute Gasteiger partial charge is 0.469 e. The van der Waals surface area contributed by atoms with Crippen LogP contribution in [-0.4, -0.2) is 37.4 Å². The van der Waals surface area contributed by atoms with Crippen molar-refractivity contribution in [2.45, 2.75) is 32.8 Å². The third kappa shape index (κ3) is 5.94. The first-order chi connectivity index (χ1) is 6.61. The van der Waals surface area contributed by atoms with Gasteiger partial charge in [0.15, 0.2) is 0 Å². The Labute approximate surface area is 85.6 Å². The molecular formula is C10H21NO3. The minimum Gasteiger partial charge on any atom is -0.469 e. The highest BCUT2D eigenvalue weighted by Crippen LogP contribution is 1.97. The van der Waals surface area contributed by atoms with Gasteiger partial charge in [0.2, 0.25) is 0 Å². The van der Waals surface area contributed by atoms with E-state index in [2.05, 4.69) is 10.1 Å². The summed E-state index contributed by atoms with van der Waals surface area (Å²) in [6, 6.07) is 0. The lowest BCUT2D eigenvalue weighted by atomic mass is 10.1. The van der Waals surface area contributed by atoms with Gasteiger partial charge in [0.1, 0.15) is 0 Å². The lowest BCUT2D eigenvalue weighted by Crippen LogP contribution is -2.29. The summed E-state index contributed by atoms with van der Waals surface area (Å²) in [6.07, 6.45) is 1.26. The van der Waals surface area contributed by atoms with Gasteiger partial charge in [-0.3, -0.25) is 4.79 Å². The number of aliphatic hydroxyl groups is 1. The van der Waals surface area contributed by atoms with Crippen molar-refractivity contribution in [3.8, 4) is 0 Å². The molecule has 0 rings (SSSR count). The van der Waals surface area contributed by atoms with Crippen molar-refractivity contribution in [2.75, 3.05) is 20.2 Å². The van der Waals surface area contributed by atoms with Gasteiger partial charge in [0.25, 0.3) is 0 Å². The van der Waals surface area contributed by atoms with E-state index in [0.29, 0.717) is 6.54 Å². The fraction of sp³-hybridized carbons (Fsp3) is 0.900. The van der Waals surface area contributed by atoms with Crippen LogP contribution < -0.4 is 5.32 Å². The topological polar surface area (TPSA) is 58.6 Å². The number of carbonyl (C=O) groups is 1. The number of nitrogens with one attached hydrogen (secondary N) is 1. The van der Waals surface area contributed by atoms with Gasteiger partial charge in [0.05, 0.1) is 19.1 Å². The third-order valence-electron chi connectivity index (χ3n) is 2.18. The highest BCUT2D eigenvalue weighted by atomic mass is 16.5. The van der Waals surface area contributed by atoms with Crippen molar-refractivity contribution in [1.29, 1.82) is 0 Å².